The second-order valence-corrected chi connectivity index (χ2v) is 3.77. The molecule has 0 amide bonds. The van der Waals surface area contributed by atoms with E-state index in [-0.39, 0.29) is 0 Å². The van der Waals surface area contributed by atoms with Gasteiger partial charge in [-0.2, -0.15) is 0 Å². The van der Waals surface area contributed by atoms with Crippen LogP contribution in [-0.2, 0) is 0 Å². The molecule has 0 atom stereocenters. The minimum Gasteiger partial charge on any atom is -0.300 e. The lowest BCUT2D eigenvalue weighted by atomic mass is 10.1. The van der Waals surface area contributed by atoms with E-state index in [1.54, 1.807) is 0 Å². The first-order chi connectivity index (χ1) is 5.70. The van der Waals surface area contributed by atoms with Crippen molar-refractivity contribution in [2.45, 2.75) is 33.6 Å². The van der Waals surface area contributed by atoms with Crippen molar-refractivity contribution < 1.29 is 0 Å². The Bertz CT molecular complexity index is 108. The molecule has 0 bridgehead atoms. The van der Waals surface area contributed by atoms with Crippen molar-refractivity contribution in [1.29, 1.82) is 0 Å². The Labute approximate surface area is 77.5 Å². The van der Waals surface area contributed by atoms with E-state index in [2.05, 4.69) is 32.3 Å². The van der Waals surface area contributed by atoms with E-state index in [9.17, 15) is 0 Å². The third-order valence-corrected chi connectivity index (χ3v) is 1.95. The number of nitrogens with zero attached hydrogens (tertiary/aromatic N) is 1. The molecule has 0 spiro atoms. The van der Waals surface area contributed by atoms with Gasteiger partial charge in [0.05, 0.1) is 0 Å². The van der Waals surface area contributed by atoms with Crippen molar-refractivity contribution in [3.8, 4) is 0 Å². The molecule has 0 saturated heterocycles. The molecule has 0 N–H and O–H groups in total. The summed E-state index contributed by atoms with van der Waals surface area (Å²) in [4.78, 5) is 2.47. The zero-order chi connectivity index (χ0) is 9.40. The fourth-order valence-corrected chi connectivity index (χ4v) is 1.23. The number of hydrogen-bond donors (Lipinski definition) is 0. The van der Waals surface area contributed by atoms with Crippen LogP contribution >= 0.6 is 0 Å². The largest absolute Gasteiger partial charge is 0.300 e. The standard InChI is InChI=1S/C11H23N/c1-5-8-12(9-6-2)10-7-11(3)4/h5,11H,1,6-10H2,2-4H3. The van der Waals surface area contributed by atoms with Crippen LogP contribution in [0, 0.1) is 5.92 Å². The normalized spacial score (nSPS) is 11.1. The van der Waals surface area contributed by atoms with Crippen molar-refractivity contribution in [3.63, 3.8) is 0 Å². The molecule has 0 fully saturated rings. The van der Waals surface area contributed by atoms with Gasteiger partial charge in [-0.3, -0.25) is 4.90 Å². The van der Waals surface area contributed by atoms with Crippen LogP contribution in [0.3, 0.4) is 0 Å². The highest BCUT2D eigenvalue weighted by molar-refractivity contribution is 4.73. The van der Waals surface area contributed by atoms with E-state index in [0.29, 0.717) is 0 Å². The summed E-state index contributed by atoms with van der Waals surface area (Å²) in [5.41, 5.74) is 0. The maximum absolute atomic E-state index is 3.77. The Kier molecular flexibility index (Phi) is 7.17. The highest BCUT2D eigenvalue weighted by Crippen LogP contribution is 2.02. The second-order valence-electron chi connectivity index (χ2n) is 3.77. The first kappa shape index (κ1) is 11.7. The zero-order valence-electron chi connectivity index (χ0n) is 8.84. The average molecular weight is 169 g/mol. The molecule has 0 aliphatic rings. The van der Waals surface area contributed by atoms with Crippen molar-refractivity contribution in [1.82, 2.24) is 4.90 Å². The van der Waals surface area contributed by atoms with Gasteiger partial charge >= 0.3 is 0 Å². The summed E-state index contributed by atoms with van der Waals surface area (Å²) in [5, 5.41) is 0. The molecule has 0 aromatic rings. The predicted octanol–water partition coefficient (Wildman–Crippen LogP) is 2.93. The lowest BCUT2D eigenvalue weighted by molar-refractivity contribution is 0.283. The Balaban J connectivity index is 3.54. The van der Waals surface area contributed by atoms with Gasteiger partial charge in [-0.25, -0.2) is 0 Å². The summed E-state index contributed by atoms with van der Waals surface area (Å²) in [6.07, 6.45) is 4.54. The Morgan fingerprint density at radius 2 is 2.00 bits per heavy atom. The van der Waals surface area contributed by atoms with Crippen LogP contribution in [0.1, 0.15) is 33.6 Å². The van der Waals surface area contributed by atoms with Crippen LogP contribution in [-0.4, -0.2) is 24.5 Å². The van der Waals surface area contributed by atoms with Crippen LogP contribution in [0.2, 0.25) is 0 Å². The van der Waals surface area contributed by atoms with Gasteiger partial charge in [-0.1, -0.05) is 26.8 Å². The van der Waals surface area contributed by atoms with Gasteiger partial charge in [0.15, 0.2) is 0 Å². The molecule has 0 aromatic heterocycles. The second kappa shape index (κ2) is 7.35. The van der Waals surface area contributed by atoms with E-state index in [0.717, 1.165) is 12.5 Å². The maximum Gasteiger partial charge on any atom is 0.0160 e. The zero-order valence-corrected chi connectivity index (χ0v) is 8.84. The number of rotatable bonds is 7. The molecule has 0 aliphatic carbocycles. The molecule has 1 heteroatoms. The summed E-state index contributed by atoms with van der Waals surface area (Å²) in [5.74, 6) is 0.814. The summed E-state index contributed by atoms with van der Waals surface area (Å²) in [7, 11) is 0. The van der Waals surface area contributed by atoms with Gasteiger partial charge < -0.3 is 0 Å². The van der Waals surface area contributed by atoms with Crippen molar-refractivity contribution >= 4 is 0 Å². The molecule has 12 heavy (non-hydrogen) atoms. The molecular weight excluding hydrogens is 146 g/mol. The van der Waals surface area contributed by atoms with E-state index in [1.165, 1.54) is 25.9 Å². The Morgan fingerprint density at radius 1 is 1.33 bits per heavy atom. The lowest BCUT2D eigenvalue weighted by Crippen LogP contribution is -2.26. The third-order valence-electron chi connectivity index (χ3n) is 1.95. The monoisotopic (exact) mass is 169 g/mol. The SMILES string of the molecule is C=CCN(CCC)CCC(C)C. The summed E-state index contributed by atoms with van der Waals surface area (Å²) in [6, 6.07) is 0. The first-order valence-electron chi connectivity index (χ1n) is 5.04. The fourth-order valence-electron chi connectivity index (χ4n) is 1.23. The minimum atomic E-state index is 0.814. The van der Waals surface area contributed by atoms with Gasteiger partial charge in [0.25, 0.3) is 0 Å². The molecule has 0 rings (SSSR count). The average Bonchev–Trinajstić information content (AvgIpc) is 2.01. The van der Waals surface area contributed by atoms with Gasteiger partial charge in [-0.15, -0.1) is 6.58 Å². The topological polar surface area (TPSA) is 3.24 Å². The van der Waals surface area contributed by atoms with E-state index >= 15 is 0 Å². The highest BCUT2D eigenvalue weighted by Gasteiger charge is 2.01. The lowest BCUT2D eigenvalue weighted by Gasteiger charge is -2.20. The van der Waals surface area contributed by atoms with Crippen molar-refractivity contribution in [2.75, 3.05) is 19.6 Å². The van der Waals surface area contributed by atoms with Gasteiger partial charge in [0.2, 0.25) is 0 Å². The molecular formula is C11H23N. The highest BCUT2D eigenvalue weighted by atomic mass is 15.1. The molecule has 0 aliphatic heterocycles. The maximum atomic E-state index is 3.77. The van der Waals surface area contributed by atoms with E-state index in [1.807, 2.05) is 6.08 Å². The van der Waals surface area contributed by atoms with E-state index in [4.69, 9.17) is 0 Å². The smallest absolute Gasteiger partial charge is 0.0160 e. The molecule has 72 valence electrons. The summed E-state index contributed by atoms with van der Waals surface area (Å²) < 4.78 is 0. The molecule has 0 radical (unpaired) electrons. The van der Waals surface area contributed by atoms with E-state index < -0.39 is 0 Å². The first-order valence-corrected chi connectivity index (χ1v) is 5.04. The molecule has 0 saturated carbocycles. The summed E-state index contributed by atoms with van der Waals surface area (Å²) in [6.45, 7) is 14.0. The third kappa shape index (κ3) is 6.41. The molecule has 0 aromatic carbocycles. The van der Waals surface area contributed by atoms with Crippen LogP contribution in [0.15, 0.2) is 12.7 Å². The molecule has 1 nitrogen and oxygen atoms in total. The van der Waals surface area contributed by atoms with Crippen LogP contribution in [0.5, 0.6) is 0 Å². The molecule has 0 unspecified atom stereocenters. The van der Waals surface area contributed by atoms with Crippen LogP contribution in [0.25, 0.3) is 0 Å². The van der Waals surface area contributed by atoms with Gasteiger partial charge in [0, 0.05) is 6.54 Å². The number of hydrogen-bond acceptors (Lipinski definition) is 1. The predicted molar refractivity (Wildman–Crippen MR) is 56.4 cm³/mol. The Hall–Kier alpha value is -0.300. The van der Waals surface area contributed by atoms with Crippen LogP contribution in [0.4, 0.5) is 0 Å². The van der Waals surface area contributed by atoms with Crippen LogP contribution < -0.4 is 0 Å². The minimum absolute atomic E-state index is 0.814. The molecule has 0 heterocycles. The summed E-state index contributed by atoms with van der Waals surface area (Å²) >= 11 is 0. The van der Waals surface area contributed by atoms with Crippen molar-refractivity contribution in [2.24, 2.45) is 5.92 Å². The van der Waals surface area contributed by atoms with Gasteiger partial charge in [-0.05, 0) is 31.8 Å². The fraction of sp³-hybridized carbons (Fsp3) is 0.818. The van der Waals surface area contributed by atoms with Crippen molar-refractivity contribution in [3.05, 3.63) is 12.7 Å². The Morgan fingerprint density at radius 3 is 2.42 bits per heavy atom. The van der Waals surface area contributed by atoms with Gasteiger partial charge in [0.1, 0.15) is 0 Å². The quantitative estimate of drug-likeness (QED) is 0.530.